The van der Waals surface area contributed by atoms with Gasteiger partial charge in [0.1, 0.15) is 0 Å². The zero-order chi connectivity index (χ0) is 8.53. The maximum atomic E-state index is 5.38. The number of unbranched alkanes of at least 4 members (excludes halogenated alkanes) is 1. The van der Waals surface area contributed by atoms with Gasteiger partial charge in [0.25, 0.3) is 0 Å². The van der Waals surface area contributed by atoms with Crippen LogP contribution in [0, 0.1) is 0 Å². The Bertz CT molecular complexity index is 74.0. The molecule has 0 radical (unpaired) electrons. The van der Waals surface area contributed by atoms with Crippen LogP contribution in [-0.4, -0.2) is 22.0 Å². The van der Waals surface area contributed by atoms with Crippen molar-refractivity contribution < 1.29 is 4.74 Å². The number of hydrogen-bond donors (Lipinski definition) is 0. The Kier molecular flexibility index (Phi) is 8.41. The summed E-state index contributed by atoms with van der Waals surface area (Å²) in [6.07, 6.45) is 3.80. The third-order valence-corrected chi connectivity index (χ3v) is 3.23. The summed E-state index contributed by atoms with van der Waals surface area (Å²) in [6.45, 7) is 8.90. The van der Waals surface area contributed by atoms with Crippen LogP contribution in [0.5, 0.6) is 0 Å². The molecule has 0 rings (SSSR count). The summed E-state index contributed by atoms with van der Waals surface area (Å²) in [4.78, 5) is 0. The quantitative estimate of drug-likeness (QED) is 0.426. The van der Waals surface area contributed by atoms with Gasteiger partial charge in [0.05, 0.1) is 0 Å². The predicted octanol–water partition coefficient (Wildman–Crippen LogP) is 2.68. The van der Waals surface area contributed by atoms with Crippen LogP contribution < -0.4 is 0 Å². The highest BCUT2D eigenvalue weighted by Gasteiger charge is 1.94. The van der Waals surface area contributed by atoms with E-state index in [1.807, 2.05) is 0 Å². The summed E-state index contributed by atoms with van der Waals surface area (Å²) in [5, 5.41) is 0. The molecule has 11 heavy (non-hydrogen) atoms. The summed E-state index contributed by atoms with van der Waals surface area (Å²) in [6, 6.07) is 1.48. The van der Waals surface area contributed by atoms with E-state index >= 15 is 0 Å². The maximum Gasteiger partial charge on any atom is 0.0465 e. The highest BCUT2D eigenvalue weighted by atomic mass is 28.3. The molecular weight excluding hydrogens is 152 g/mol. The highest BCUT2D eigenvalue weighted by molar-refractivity contribution is 6.55. The third-order valence-electron chi connectivity index (χ3n) is 1.67. The Morgan fingerprint density at radius 1 is 1.09 bits per heavy atom. The van der Waals surface area contributed by atoms with Crippen molar-refractivity contribution in [2.24, 2.45) is 0 Å². The van der Waals surface area contributed by atoms with Crippen LogP contribution >= 0.6 is 0 Å². The van der Waals surface area contributed by atoms with Gasteiger partial charge in [-0.25, -0.2) is 0 Å². The topological polar surface area (TPSA) is 9.23 Å². The minimum atomic E-state index is -0.285. The van der Waals surface area contributed by atoms with Crippen LogP contribution in [0.3, 0.4) is 0 Å². The van der Waals surface area contributed by atoms with Crippen molar-refractivity contribution in [3.63, 3.8) is 0 Å². The monoisotopic (exact) mass is 174 g/mol. The van der Waals surface area contributed by atoms with Crippen molar-refractivity contribution in [1.82, 2.24) is 0 Å². The van der Waals surface area contributed by atoms with Crippen molar-refractivity contribution in [2.75, 3.05) is 13.2 Å². The Morgan fingerprint density at radius 3 is 2.36 bits per heavy atom. The lowest BCUT2D eigenvalue weighted by molar-refractivity contribution is 0.132. The van der Waals surface area contributed by atoms with Gasteiger partial charge in [-0.15, -0.1) is 0 Å². The fourth-order valence-corrected chi connectivity index (χ4v) is 2.11. The average molecular weight is 174 g/mol. The summed E-state index contributed by atoms with van der Waals surface area (Å²) < 4.78 is 5.38. The van der Waals surface area contributed by atoms with Gasteiger partial charge in [-0.3, -0.25) is 0 Å². The van der Waals surface area contributed by atoms with Gasteiger partial charge in [-0.2, -0.15) is 0 Å². The van der Waals surface area contributed by atoms with Gasteiger partial charge < -0.3 is 4.74 Å². The smallest absolute Gasteiger partial charge is 0.0465 e. The predicted molar refractivity (Wildman–Crippen MR) is 54.0 cm³/mol. The molecule has 68 valence electrons. The molecule has 1 nitrogen and oxygen atoms in total. The third kappa shape index (κ3) is 10.2. The minimum absolute atomic E-state index is 0.285. The molecule has 0 saturated carbocycles. The molecule has 0 unspecified atom stereocenters. The van der Waals surface area contributed by atoms with Crippen molar-refractivity contribution in [1.29, 1.82) is 0 Å². The average Bonchev–Trinajstić information content (AvgIpc) is 1.96. The van der Waals surface area contributed by atoms with Crippen molar-refractivity contribution in [3.05, 3.63) is 0 Å². The zero-order valence-electron chi connectivity index (χ0n) is 8.23. The Morgan fingerprint density at radius 2 is 1.82 bits per heavy atom. The molecule has 2 heteroatoms. The van der Waals surface area contributed by atoms with Gasteiger partial charge in [-0.05, 0) is 12.8 Å². The molecule has 0 aliphatic heterocycles. The van der Waals surface area contributed by atoms with E-state index in [9.17, 15) is 0 Å². The molecule has 0 aromatic rings. The molecule has 0 saturated heterocycles. The van der Waals surface area contributed by atoms with Gasteiger partial charge in [-0.1, -0.05) is 32.5 Å². The van der Waals surface area contributed by atoms with E-state index in [0.29, 0.717) is 0 Å². The molecule has 0 bridgehead atoms. The van der Waals surface area contributed by atoms with E-state index in [1.165, 1.54) is 18.9 Å². The summed E-state index contributed by atoms with van der Waals surface area (Å²) in [7, 11) is -0.285. The molecular formula is C9H22OSi. The number of ether oxygens (including phenoxy) is 1. The van der Waals surface area contributed by atoms with Crippen LogP contribution in [0.2, 0.25) is 19.1 Å². The summed E-state index contributed by atoms with van der Waals surface area (Å²) in [5.41, 5.74) is 0. The second-order valence-corrected chi connectivity index (χ2v) is 6.87. The molecule has 0 N–H and O–H groups in total. The van der Waals surface area contributed by atoms with E-state index in [0.717, 1.165) is 19.6 Å². The van der Waals surface area contributed by atoms with Crippen LogP contribution in [0.4, 0.5) is 0 Å². The van der Waals surface area contributed by atoms with Crippen molar-refractivity contribution in [2.45, 2.75) is 45.3 Å². The Hall–Kier alpha value is 0.177. The molecule has 0 aliphatic carbocycles. The lowest BCUT2D eigenvalue weighted by Crippen LogP contribution is -2.00. The molecule has 0 aromatic heterocycles. The molecule has 0 fully saturated rings. The van der Waals surface area contributed by atoms with Crippen LogP contribution in [0.25, 0.3) is 0 Å². The normalized spacial score (nSPS) is 10.9. The van der Waals surface area contributed by atoms with E-state index < -0.39 is 0 Å². The fraction of sp³-hybridized carbons (Fsp3) is 1.00. The molecule has 0 aliphatic rings. The first-order chi connectivity index (χ1) is 5.27. The summed E-state index contributed by atoms with van der Waals surface area (Å²) >= 11 is 0. The van der Waals surface area contributed by atoms with E-state index in [2.05, 4.69) is 20.0 Å². The van der Waals surface area contributed by atoms with E-state index in [-0.39, 0.29) is 8.80 Å². The maximum absolute atomic E-state index is 5.38. The number of rotatable bonds is 7. The lowest BCUT2D eigenvalue weighted by Gasteiger charge is -2.03. The zero-order valence-corrected chi connectivity index (χ0v) is 9.38. The van der Waals surface area contributed by atoms with Crippen LogP contribution in [0.1, 0.15) is 26.2 Å². The first-order valence-corrected chi connectivity index (χ1v) is 7.97. The largest absolute Gasteiger partial charge is 0.381 e. The van der Waals surface area contributed by atoms with E-state index in [1.54, 1.807) is 0 Å². The second kappa shape index (κ2) is 8.28. The Balaban J connectivity index is 2.80. The van der Waals surface area contributed by atoms with E-state index in [4.69, 9.17) is 4.74 Å². The van der Waals surface area contributed by atoms with Crippen LogP contribution in [0.15, 0.2) is 0 Å². The van der Waals surface area contributed by atoms with Crippen LogP contribution in [-0.2, 0) is 4.74 Å². The summed E-state index contributed by atoms with van der Waals surface area (Å²) in [5.74, 6) is 0. The Labute approximate surface area is 72.7 Å². The van der Waals surface area contributed by atoms with Crippen molar-refractivity contribution >= 4 is 8.80 Å². The molecule has 0 heterocycles. The molecule has 0 spiro atoms. The van der Waals surface area contributed by atoms with Crippen molar-refractivity contribution in [3.8, 4) is 0 Å². The van der Waals surface area contributed by atoms with Gasteiger partial charge in [0, 0.05) is 22.0 Å². The molecule has 0 aromatic carbocycles. The molecule has 0 atom stereocenters. The standard InChI is InChI=1S/C9H22OSi/c1-4-7-10-8-5-6-9-11(2)3/h11H,4-9H2,1-3H3. The first kappa shape index (κ1) is 11.2. The molecule has 0 amide bonds. The van der Waals surface area contributed by atoms with Gasteiger partial charge in [0.2, 0.25) is 0 Å². The first-order valence-electron chi connectivity index (χ1n) is 4.85. The lowest BCUT2D eigenvalue weighted by atomic mass is 10.3. The van der Waals surface area contributed by atoms with Gasteiger partial charge in [0.15, 0.2) is 0 Å². The minimum Gasteiger partial charge on any atom is -0.381 e. The SMILES string of the molecule is CCCOCCCC[SiH](C)C. The highest BCUT2D eigenvalue weighted by Crippen LogP contribution is 2.01. The fourth-order valence-electron chi connectivity index (χ4n) is 1.00. The number of hydrogen-bond acceptors (Lipinski definition) is 1. The van der Waals surface area contributed by atoms with Gasteiger partial charge >= 0.3 is 0 Å². The second-order valence-electron chi connectivity index (χ2n) is 3.50.